The number of hydrogen-bond acceptors (Lipinski definition) is 3. The zero-order chi connectivity index (χ0) is 15.6. The Bertz CT molecular complexity index is 637. The molecule has 0 bridgehead atoms. The molecule has 1 heterocycles. The van der Waals surface area contributed by atoms with Crippen molar-refractivity contribution >= 4 is 15.9 Å². The lowest BCUT2D eigenvalue weighted by molar-refractivity contribution is 0.404. The SMILES string of the molecule is CCn1nc(C)c(Br)c1CC(N)c1cc(C)ccc1OC. The van der Waals surface area contributed by atoms with Crippen LogP contribution in [0.2, 0.25) is 0 Å². The first kappa shape index (κ1) is 16.0. The highest BCUT2D eigenvalue weighted by atomic mass is 79.9. The van der Waals surface area contributed by atoms with Gasteiger partial charge in [-0.1, -0.05) is 17.7 Å². The minimum absolute atomic E-state index is 0.127. The van der Waals surface area contributed by atoms with Gasteiger partial charge in [-0.3, -0.25) is 4.68 Å². The third-order valence-electron chi connectivity index (χ3n) is 3.65. The molecule has 0 radical (unpaired) electrons. The summed E-state index contributed by atoms with van der Waals surface area (Å²) < 4.78 is 8.49. The van der Waals surface area contributed by atoms with Crippen LogP contribution in [0.5, 0.6) is 5.75 Å². The van der Waals surface area contributed by atoms with E-state index in [-0.39, 0.29) is 6.04 Å². The zero-order valence-electron chi connectivity index (χ0n) is 13.0. The number of hydrogen-bond donors (Lipinski definition) is 1. The number of halogens is 1. The molecule has 5 heteroatoms. The Morgan fingerprint density at radius 3 is 2.71 bits per heavy atom. The van der Waals surface area contributed by atoms with E-state index in [9.17, 15) is 0 Å². The second kappa shape index (κ2) is 6.62. The lowest BCUT2D eigenvalue weighted by Crippen LogP contribution is -2.17. The molecule has 1 aromatic heterocycles. The average molecular weight is 352 g/mol. The summed E-state index contributed by atoms with van der Waals surface area (Å²) in [6.07, 6.45) is 0.717. The average Bonchev–Trinajstić information content (AvgIpc) is 2.74. The summed E-state index contributed by atoms with van der Waals surface area (Å²) in [6.45, 7) is 6.98. The molecular formula is C16H22BrN3O. The number of aromatic nitrogens is 2. The van der Waals surface area contributed by atoms with Gasteiger partial charge in [0.15, 0.2) is 0 Å². The normalized spacial score (nSPS) is 12.5. The maximum Gasteiger partial charge on any atom is 0.123 e. The fraction of sp³-hybridized carbons (Fsp3) is 0.438. The lowest BCUT2D eigenvalue weighted by Gasteiger charge is -2.17. The van der Waals surface area contributed by atoms with Crippen molar-refractivity contribution in [3.63, 3.8) is 0 Å². The number of nitrogens with two attached hydrogens (primary N) is 1. The Balaban J connectivity index is 2.34. The van der Waals surface area contributed by atoms with Gasteiger partial charge in [-0.2, -0.15) is 5.10 Å². The Hall–Kier alpha value is -1.33. The van der Waals surface area contributed by atoms with E-state index in [1.807, 2.05) is 23.7 Å². The number of ether oxygens (including phenoxy) is 1. The monoisotopic (exact) mass is 351 g/mol. The second-order valence-electron chi connectivity index (χ2n) is 5.22. The van der Waals surface area contributed by atoms with Crippen molar-refractivity contribution in [1.82, 2.24) is 9.78 Å². The molecule has 1 aromatic carbocycles. The van der Waals surface area contributed by atoms with Crippen molar-refractivity contribution < 1.29 is 4.74 Å². The minimum atomic E-state index is -0.127. The first-order valence-corrected chi connectivity index (χ1v) is 7.89. The topological polar surface area (TPSA) is 53.1 Å². The van der Waals surface area contributed by atoms with E-state index in [2.05, 4.69) is 40.9 Å². The van der Waals surface area contributed by atoms with Crippen molar-refractivity contribution in [1.29, 1.82) is 0 Å². The molecule has 21 heavy (non-hydrogen) atoms. The van der Waals surface area contributed by atoms with E-state index in [1.165, 1.54) is 5.56 Å². The van der Waals surface area contributed by atoms with Crippen molar-refractivity contribution in [2.75, 3.05) is 7.11 Å². The summed E-state index contributed by atoms with van der Waals surface area (Å²) in [7, 11) is 1.68. The zero-order valence-corrected chi connectivity index (χ0v) is 14.6. The molecule has 2 rings (SSSR count). The van der Waals surface area contributed by atoms with Gasteiger partial charge in [-0.05, 0) is 42.8 Å². The van der Waals surface area contributed by atoms with Gasteiger partial charge in [-0.25, -0.2) is 0 Å². The maximum absolute atomic E-state index is 6.43. The first-order valence-electron chi connectivity index (χ1n) is 7.09. The maximum atomic E-state index is 6.43. The molecule has 0 aliphatic rings. The van der Waals surface area contributed by atoms with Crippen LogP contribution in [0.4, 0.5) is 0 Å². The molecule has 114 valence electrons. The first-order chi connectivity index (χ1) is 9.97. The number of nitrogens with zero attached hydrogens (tertiary/aromatic N) is 2. The Morgan fingerprint density at radius 2 is 2.10 bits per heavy atom. The van der Waals surface area contributed by atoms with Gasteiger partial charge in [0.05, 0.1) is 23.0 Å². The van der Waals surface area contributed by atoms with E-state index < -0.39 is 0 Å². The van der Waals surface area contributed by atoms with Gasteiger partial charge in [-0.15, -0.1) is 0 Å². The highest BCUT2D eigenvalue weighted by Crippen LogP contribution is 2.30. The summed E-state index contributed by atoms with van der Waals surface area (Å²) in [5, 5.41) is 4.52. The van der Waals surface area contributed by atoms with Crippen LogP contribution in [-0.2, 0) is 13.0 Å². The van der Waals surface area contributed by atoms with Crippen molar-refractivity contribution in [2.45, 2.75) is 39.8 Å². The molecule has 1 unspecified atom stereocenters. The number of benzene rings is 1. The molecule has 2 aromatic rings. The van der Waals surface area contributed by atoms with Crippen LogP contribution in [0.25, 0.3) is 0 Å². The van der Waals surface area contributed by atoms with Crippen LogP contribution in [0, 0.1) is 13.8 Å². The van der Waals surface area contributed by atoms with E-state index in [1.54, 1.807) is 7.11 Å². The van der Waals surface area contributed by atoms with Crippen LogP contribution in [-0.4, -0.2) is 16.9 Å². The predicted molar refractivity (Wildman–Crippen MR) is 88.7 cm³/mol. The van der Waals surface area contributed by atoms with Gasteiger partial charge in [0.2, 0.25) is 0 Å². The molecule has 0 saturated heterocycles. The molecule has 0 amide bonds. The summed E-state index contributed by atoms with van der Waals surface area (Å²) >= 11 is 3.62. The van der Waals surface area contributed by atoms with Crippen LogP contribution >= 0.6 is 15.9 Å². The lowest BCUT2D eigenvalue weighted by atomic mass is 9.99. The summed E-state index contributed by atoms with van der Waals surface area (Å²) in [5.41, 5.74) is 10.8. The van der Waals surface area contributed by atoms with Crippen LogP contribution in [0.3, 0.4) is 0 Å². The van der Waals surface area contributed by atoms with E-state index in [0.717, 1.165) is 40.1 Å². The smallest absolute Gasteiger partial charge is 0.123 e. The molecule has 1 atom stereocenters. The molecular weight excluding hydrogens is 330 g/mol. The van der Waals surface area contributed by atoms with Crippen molar-refractivity contribution in [3.8, 4) is 5.75 Å². The van der Waals surface area contributed by atoms with Crippen molar-refractivity contribution in [3.05, 3.63) is 45.2 Å². The van der Waals surface area contributed by atoms with Crippen LogP contribution in [0.1, 0.15) is 35.5 Å². The highest BCUT2D eigenvalue weighted by molar-refractivity contribution is 9.10. The minimum Gasteiger partial charge on any atom is -0.496 e. The van der Waals surface area contributed by atoms with Gasteiger partial charge in [0, 0.05) is 24.6 Å². The molecule has 0 fully saturated rings. The molecule has 2 N–H and O–H groups in total. The fourth-order valence-corrected chi connectivity index (χ4v) is 2.97. The second-order valence-corrected chi connectivity index (χ2v) is 6.01. The number of rotatable bonds is 5. The summed E-state index contributed by atoms with van der Waals surface area (Å²) in [5.74, 6) is 0.837. The van der Waals surface area contributed by atoms with Gasteiger partial charge >= 0.3 is 0 Å². The third kappa shape index (κ3) is 3.30. The Morgan fingerprint density at radius 1 is 1.38 bits per heavy atom. The molecule has 0 spiro atoms. The van der Waals surface area contributed by atoms with E-state index in [0.29, 0.717) is 0 Å². The van der Waals surface area contributed by atoms with E-state index >= 15 is 0 Å². The predicted octanol–water partition coefficient (Wildman–Crippen LogP) is 3.53. The highest BCUT2D eigenvalue weighted by Gasteiger charge is 2.19. The third-order valence-corrected chi connectivity index (χ3v) is 4.68. The summed E-state index contributed by atoms with van der Waals surface area (Å²) in [6, 6.07) is 5.97. The van der Waals surface area contributed by atoms with E-state index in [4.69, 9.17) is 10.5 Å². The summed E-state index contributed by atoms with van der Waals surface area (Å²) in [4.78, 5) is 0. The molecule has 4 nitrogen and oxygen atoms in total. The standard InChI is InChI=1S/C16H22BrN3O/c1-5-20-14(16(17)11(3)19-20)9-13(18)12-8-10(2)6-7-15(12)21-4/h6-8,13H,5,9,18H2,1-4H3. The van der Waals surface area contributed by atoms with Crippen LogP contribution in [0.15, 0.2) is 22.7 Å². The van der Waals surface area contributed by atoms with Gasteiger partial charge < -0.3 is 10.5 Å². The quantitative estimate of drug-likeness (QED) is 0.896. The largest absolute Gasteiger partial charge is 0.496 e. The Kier molecular flexibility index (Phi) is 5.06. The molecule has 0 aliphatic heterocycles. The number of aryl methyl sites for hydroxylation is 3. The van der Waals surface area contributed by atoms with Gasteiger partial charge in [0.25, 0.3) is 0 Å². The van der Waals surface area contributed by atoms with Gasteiger partial charge in [0.1, 0.15) is 5.75 Å². The Labute approximate surface area is 134 Å². The molecule has 0 saturated carbocycles. The fourth-order valence-electron chi connectivity index (χ4n) is 2.53. The number of methoxy groups -OCH3 is 1. The molecule has 0 aliphatic carbocycles. The van der Waals surface area contributed by atoms with Crippen LogP contribution < -0.4 is 10.5 Å². The van der Waals surface area contributed by atoms with Crippen molar-refractivity contribution in [2.24, 2.45) is 5.73 Å².